The number of nitrogens with one attached hydrogen (secondary N) is 1. The number of aromatic nitrogens is 4. The summed E-state index contributed by atoms with van der Waals surface area (Å²) in [6.07, 6.45) is 1.51. The first-order chi connectivity index (χ1) is 9.60. The van der Waals surface area contributed by atoms with Crippen LogP contribution in [0, 0.1) is 6.92 Å². The maximum atomic E-state index is 11.9. The second-order valence-electron chi connectivity index (χ2n) is 4.30. The summed E-state index contributed by atoms with van der Waals surface area (Å²) in [5.41, 5.74) is 7.11. The zero-order valence-electron chi connectivity index (χ0n) is 10.7. The Morgan fingerprint density at radius 3 is 3.10 bits per heavy atom. The molecule has 0 atom stereocenters. The topological polar surface area (TPSA) is 98.7 Å². The highest BCUT2D eigenvalue weighted by Gasteiger charge is 2.07. The lowest BCUT2D eigenvalue weighted by atomic mass is 10.3. The Morgan fingerprint density at radius 1 is 1.50 bits per heavy atom. The second-order valence-corrected chi connectivity index (χ2v) is 5.54. The van der Waals surface area contributed by atoms with Gasteiger partial charge in [-0.05, 0) is 25.1 Å². The van der Waals surface area contributed by atoms with Gasteiger partial charge < -0.3 is 11.1 Å². The molecule has 0 saturated carbocycles. The van der Waals surface area contributed by atoms with E-state index in [0.29, 0.717) is 5.82 Å². The van der Waals surface area contributed by atoms with Crippen molar-refractivity contribution in [3.63, 3.8) is 0 Å². The molecule has 0 unspecified atom stereocenters. The Kier molecular flexibility index (Phi) is 3.07. The molecule has 0 aliphatic carbocycles. The van der Waals surface area contributed by atoms with Crippen LogP contribution in [0.25, 0.3) is 10.2 Å². The van der Waals surface area contributed by atoms with Crippen molar-refractivity contribution in [2.24, 2.45) is 0 Å². The SMILES string of the molecule is Cc1nc2ccc(NC(=O)Cn3cc(N)nn3)cc2s1. The summed E-state index contributed by atoms with van der Waals surface area (Å²) >= 11 is 1.59. The molecule has 3 rings (SSSR count). The average molecular weight is 288 g/mol. The Hall–Kier alpha value is -2.48. The van der Waals surface area contributed by atoms with Crippen LogP contribution in [0.5, 0.6) is 0 Å². The van der Waals surface area contributed by atoms with E-state index in [9.17, 15) is 4.79 Å². The molecule has 3 aromatic rings. The highest BCUT2D eigenvalue weighted by Crippen LogP contribution is 2.24. The minimum Gasteiger partial charge on any atom is -0.381 e. The van der Waals surface area contributed by atoms with Crippen LogP contribution in [-0.4, -0.2) is 25.9 Å². The molecule has 2 aromatic heterocycles. The van der Waals surface area contributed by atoms with Gasteiger partial charge in [-0.2, -0.15) is 0 Å². The van der Waals surface area contributed by atoms with Crippen molar-refractivity contribution in [2.45, 2.75) is 13.5 Å². The zero-order chi connectivity index (χ0) is 14.1. The Balaban J connectivity index is 1.73. The Labute approximate surface area is 118 Å². The number of aryl methyl sites for hydroxylation is 1. The summed E-state index contributed by atoms with van der Waals surface area (Å²) in [6, 6.07) is 5.63. The van der Waals surface area contributed by atoms with Gasteiger partial charge in [-0.1, -0.05) is 5.21 Å². The van der Waals surface area contributed by atoms with E-state index < -0.39 is 0 Å². The summed E-state index contributed by atoms with van der Waals surface area (Å²) in [5, 5.41) is 11.2. The minimum atomic E-state index is -0.185. The van der Waals surface area contributed by atoms with Gasteiger partial charge in [0.05, 0.1) is 21.4 Å². The van der Waals surface area contributed by atoms with E-state index in [1.807, 2.05) is 25.1 Å². The van der Waals surface area contributed by atoms with Crippen LogP contribution in [0.2, 0.25) is 0 Å². The maximum absolute atomic E-state index is 11.9. The minimum absolute atomic E-state index is 0.0734. The van der Waals surface area contributed by atoms with Crippen molar-refractivity contribution < 1.29 is 4.79 Å². The predicted molar refractivity (Wildman–Crippen MR) is 77.4 cm³/mol. The number of anilines is 2. The fourth-order valence-electron chi connectivity index (χ4n) is 1.86. The van der Waals surface area contributed by atoms with E-state index in [1.165, 1.54) is 10.9 Å². The van der Waals surface area contributed by atoms with Crippen LogP contribution < -0.4 is 11.1 Å². The molecule has 1 aromatic carbocycles. The maximum Gasteiger partial charge on any atom is 0.246 e. The third kappa shape index (κ3) is 2.59. The van der Waals surface area contributed by atoms with E-state index in [0.717, 1.165) is 20.9 Å². The van der Waals surface area contributed by atoms with Gasteiger partial charge in [0.15, 0.2) is 5.82 Å². The van der Waals surface area contributed by atoms with Gasteiger partial charge in [0.25, 0.3) is 0 Å². The molecule has 0 spiro atoms. The summed E-state index contributed by atoms with van der Waals surface area (Å²) < 4.78 is 2.44. The van der Waals surface area contributed by atoms with Crippen molar-refractivity contribution in [2.75, 3.05) is 11.1 Å². The number of carbonyl (C=O) groups is 1. The van der Waals surface area contributed by atoms with Crippen LogP contribution >= 0.6 is 11.3 Å². The van der Waals surface area contributed by atoms with Gasteiger partial charge in [-0.3, -0.25) is 4.79 Å². The number of hydrogen-bond donors (Lipinski definition) is 2. The fourth-order valence-corrected chi connectivity index (χ4v) is 2.72. The van der Waals surface area contributed by atoms with Crippen LogP contribution in [-0.2, 0) is 11.3 Å². The number of nitrogen functional groups attached to an aromatic ring is 1. The molecule has 0 radical (unpaired) electrons. The summed E-state index contributed by atoms with van der Waals surface area (Å²) in [4.78, 5) is 16.3. The van der Waals surface area contributed by atoms with E-state index in [-0.39, 0.29) is 12.5 Å². The van der Waals surface area contributed by atoms with Gasteiger partial charge in [-0.25, -0.2) is 9.67 Å². The van der Waals surface area contributed by atoms with Crippen LogP contribution in [0.1, 0.15) is 5.01 Å². The standard InChI is InChI=1S/C12H12N6OS/c1-7-14-9-3-2-8(4-10(9)20-7)15-12(19)6-18-5-11(13)16-17-18/h2-5H,6,13H2,1H3,(H,15,19). The number of nitrogens with two attached hydrogens (primary N) is 1. The lowest BCUT2D eigenvalue weighted by Gasteiger charge is -2.04. The van der Waals surface area contributed by atoms with Crippen LogP contribution in [0.4, 0.5) is 11.5 Å². The molecule has 0 saturated heterocycles. The van der Waals surface area contributed by atoms with Crippen molar-refractivity contribution in [3.05, 3.63) is 29.4 Å². The van der Waals surface area contributed by atoms with E-state index in [2.05, 4.69) is 20.6 Å². The molecule has 0 bridgehead atoms. The fraction of sp³-hybridized carbons (Fsp3) is 0.167. The number of nitrogens with zero attached hydrogens (tertiary/aromatic N) is 4. The number of benzene rings is 1. The van der Waals surface area contributed by atoms with Crippen molar-refractivity contribution in [1.29, 1.82) is 0 Å². The monoisotopic (exact) mass is 288 g/mol. The smallest absolute Gasteiger partial charge is 0.246 e. The number of thiazole rings is 1. The van der Waals surface area contributed by atoms with Gasteiger partial charge in [0.2, 0.25) is 5.91 Å². The van der Waals surface area contributed by atoms with E-state index >= 15 is 0 Å². The number of hydrogen-bond acceptors (Lipinski definition) is 6. The quantitative estimate of drug-likeness (QED) is 0.759. The third-order valence-electron chi connectivity index (χ3n) is 2.64. The van der Waals surface area contributed by atoms with Gasteiger partial charge >= 0.3 is 0 Å². The van der Waals surface area contributed by atoms with Crippen LogP contribution in [0.3, 0.4) is 0 Å². The molecule has 20 heavy (non-hydrogen) atoms. The summed E-state index contributed by atoms with van der Waals surface area (Å²) in [6.45, 7) is 2.03. The van der Waals surface area contributed by atoms with Crippen LogP contribution in [0.15, 0.2) is 24.4 Å². The van der Waals surface area contributed by atoms with Crippen molar-refractivity contribution in [3.8, 4) is 0 Å². The third-order valence-corrected chi connectivity index (χ3v) is 3.57. The number of carbonyl (C=O) groups excluding carboxylic acids is 1. The Morgan fingerprint density at radius 2 is 2.35 bits per heavy atom. The largest absolute Gasteiger partial charge is 0.381 e. The molecule has 8 heteroatoms. The number of fused-ring (bicyclic) bond motifs is 1. The normalized spacial score (nSPS) is 10.8. The average Bonchev–Trinajstić information content (AvgIpc) is 2.93. The first-order valence-electron chi connectivity index (χ1n) is 5.93. The molecular weight excluding hydrogens is 276 g/mol. The molecule has 0 fully saturated rings. The second kappa shape index (κ2) is 4.89. The van der Waals surface area contributed by atoms with Crippen molar-refractivity contribution >= 4 is 39.0 Å². The van der Waals surface area contributed by atoms with E-state index in [4.69, 9.17) is 5.73 Å². The van der Waals surface area contributed by atoms with Gasteiger partial charge in [-0.15, -0.1) is 16.4 Å². The lowest BCUT2D eigenvalue weighted by molar-refractivity contribution is -0.116. The first-order valence-corrected chi connectivity index (χ1v) is 6.74. The van der Waals surface area contributed by atoms with Gasteiger partial charge in [0, 0.05) is 5.69 Å². The Bertz CT molecular complexity index is 777. The molecule has 2 heterocycles. The predicted octanol–water partition coefficient (Wildman–Crippen LogP) is 1.42. The van der Waals surface area contributed by atoms with E-state index in [1.54, 1.807) is 11.3 Å². The lowest BCUT2D eigenvalue weighted by Crippen LogP contribution is -2.19. The highest BCUT2D eigenvalue weighted by atomic mass is 32.1. The number of rotatable bonds is 3. The summed E-state index contributed by atoms with van der Waals surface area (Å²) in [5.74, 6) is 0.106. The molecule has 3 N–H and O–H groups in total. The molecule has 0 aliphatic heterocycles. The van der Waals surface area contributed by atoms with Crippen molar-refractivity contribution in [1.82, 2.24) is 20.0 Å². The zero-order valence-corrected chi connectivity index (χ0v) is 11.5. The molecule has 7 nitrogen and oxygen atoms in total. The molecule has 0 aliphatic rings. The molecule has 102 valence electrons. The molecular formula is C12H12N6OS. The first kappa shape index (κ1) is 12.5. The highest BCUT2D eigenvalue weighted by molar-refractivity contribution is 7.18. The summed E-state index contributed by atoms with van der Waals surface area (Å²) in [7, 11) is 0. The molecule has 1 amide bonds. The number of amides is 1. The van der Waals surface area contributed by atoms with Gasteiger partial charge in [0.1, 0.15) is 6.54 Å².